The van der Waals surface area contributed by atoms with Crippen LogP contribution >= 0.6 is 0 Å². The third kappa shape index (κ3) is 6.22. The van der Waals surface area contributed by atoms with Gasteiger partial charge in [0.2, 0.25) is 5.91 Å². The van der Waals surface area contributed by atoms with Crippen LogP contribution in [0.25, 0.3) is 10.9 Å². The van der Waals surface area contributed by atoms with Crippen molar-refractivity contribution in [1.82, 2.24) is 14.8 Å². The molecule has 0 spiro atoms. The number of fused-ring (bicyclic) bond motifs is 1. The van der Waals surface area contributed by atoms with Gasteiger partial charge in [-0.3, -0.25) is 14.5 Å². The Kier molecular flexibility index (Phi) is 8.30. The van der Waals surface area contributed by atoms with Crippen molar-refractivity contribution >= 4 is 28.4 Å². The van der Waals surface area contributed by atoms with Gasteiger partial charge >= 0.3 is 0 Å². The first-order valence-corrected chi connectivity index (χ1v) is 11.8. The predicted molar refractivity (Wildman–Crippen MR) is 132 cm³/mol. The molecule has 2 amide bonds. The summed E-state index contributed by atoms with van der Waals surface area (Å²) in [4.78, 5) is 27.5. The summed E-state index contributed by atoms with van der Waals surface area (Å²) in [5.74, 6) is -0.308. The molecule has 34 heavy (non-hydrogen) atoms. The van der Waals surface area contributed by atoms with Crippen molar-refractivity contribution in [2.75, 3.05) is 51.3 Å². The molecule has 1 aliphatic heterocycles. The number of rotatable bonds is 10. The number of carbonyl (C=O) groups is 2. The summed E-state index contributed by atoms with van der Waals surface area (Å²) in [7, 11) is 0. The molecule has 2 N–H and O–H groups in total. The average Bonchev–Trinajstić information content (AvgIpc) is 3.23. The summed E-state index contributed by atoms with van der Waals surface area (Å²) >= 11 is 0. The summed E-state index contributed by atoms with van der Waals surface area (Å²) in [6, 6.07) is 17.3. The summed E-state index contributed by atoms with van der Waals surface area (Å²) in [6.45, 7) is 7.74. The number of nitrogens with one attached hydrogen (secondary N) is 2. The van der Waals surface area contributed by atoms with Crippen molar-refractivity contribution in [1.29, 1.82) is 0 Å². The number of aryl methyl sites for hydroxylation is 1. The molecule has 0 radical (unpaired) electrons. The molecule has 2 heterocycles. The highest BCUT2D eigenvalue weighted by molar-refractivity contribution is 6.00. The van der Waals surface area contributed by atoms with E-state index in [1.54, 1.807) is 0 Å². The number of hydrogen-bond acceptors (Lipinski definition) is 5. The van der Waals surface area contributed by atoms with Gasteiger partial charge in [-0.25, -0.2) is 0 Å². The molecule has 0 saturated carbocycles. The molecule has 8 nitrogen and oxygen atoms in total. The molecule has 2 aromatic carbocycles. The van der Waals surface area contributed by atoms with Crippen LogP contribution in [0, 0.1) is 0 Å². The third-order valence-corrected chi connectivity index (χ3v) is 5.90. The largest absolute Gasteiger partial charge is 0.379 e. The lowest BCUT2D eigenvalue weighted by Gasteiger charge is -2.26. The van der Waals surface area contributed by atoms with E-state index in [1.807, 2.05) is 66.1 Å². The summed E-state index contributed by atoms with van der Waals surface area (Å²) in [6.07, 6.45) is 0. The van der Waals surface area contributed by atoms with Gasteiger partial charge in [0, 0.05) is 49.3 Å². The van der Waals surface area contributed by atoms with Crippen molar-refractivity contribution < 1.29 is 19.1 Å². The lowest BCUT2D eigenvalue weighted by molar-refractivity contribution is -0.121. The highest BCUT2D eigenvalue weighted by Crippen LogP contribution is 2.24. The van der Waals surface area contributed by atoms with Gasteiger partial charge in [-0.1, -0.05) is 30.3 Å². The van der Waals surface area contributed by atoms with Crippen LogP contribution in [-0.4, -0.2) is 67.3 Å². The van der Waals surface area contributed by atoms with E-state index in [0.29, 0.717) is 31.1 Å². The maximum absolute atomic E-state index is 12.9. The average molecular weight is 465 g/mol. The number of ether oxygens (including phenoxy) is 2. The van der Waals surface area contributed by atoms with Crippen LogP contribution in [0.5, 0.6) is 0 Å². The van der Waals surface area contributed by atoms with Gasteiger partial charge in [-0.2, -0.15) is 0 Å². The van der Waals surface area contributed by atoms with Crippen molar-refractivity contribution in [2.45, 2.75) is 20.1 Å². The number of benzene rings is 2. The highest BCUT2D eigenvalue weighted by atomic mass is 16.5. The second kappa shape index (κ2) is 11.8. The molecule has 0 atom stereocenters. The minimum atomic E-state index is -0.216. The van der Waals surface area contributed by atoms with Crippen LogP contribution in [0.3, 0.4) is 0 Å². The fourth-order valence-electron chi connectivity index (χ4n) is 4.15. The molecule has 8 heteroatoms. The maximum Gasteiger partial charge on any atom is 0.267 e. The fraction of sp³-hybridized carbons (Fsp3) is 0.385. The van der Waals surface area contributed by atoms with Gasteiger partial charge in [0.15, 0.2) is 0 Å². The number of carbonyl (C=O) groups excluding carboxylic acids is 2. The summed E-state index contributed by atoms with van der Waals surface area (Å²) in [5.41, 5.74) is 3.27. The van der Waals surface area contributed by atoms with Gasteiger partial charge < -0.3 is 24.7 Å². The second-order valence-corrected chi connectivity index (χ2v) is 8.28. The number of aromatic nitrogens is 1. The van der Waals surface area contributed by atoms with E-state index in [4.69, 9.17) is 9.47 Å². The molecule has 3 aromatic rings. The fourth-order valence-corrected chi connectivity index (χ4v) is 4.15. The first-order valence-electron chi connectivity index (χ1n) is 11.8. The zero-order valence-corrected chi connectivity index (χ0v) is 19.6. The second-order valence-electron chi connectivity index (χ2n) is 8.28. The Morgan fingerprint density at radius 3 is 2.62 bits per heavy atom. The Hall–Kier alpha value is -3.20. The van der Waals surface area contributed by atoms with E-state index >= 15 is 0 Å². The SMILES string of the molecule is CCn1c(C(=O)NCCN2CCOCC2)cc2cc(NC(=O)COCc3ccccc3)ccc21. The Morgan fingerprint density at radius 2 is 1.85 bits per heavy atom. The van der Waals surface area contributed by atoms with Gasteiger partial charge in [0.1, 0.15) is 12.3 Å². The van der Waals surface area contributed by atoms with Gasteiger partial charge in [0.05, 0.1) is 19.8 Å². The van der Waals surface area contributed by atoms with E-state index in [1.165, 1.54) is 0 Å². The van der Waals surface area contributed by atoms with Crippen molar-refractivity contribution in [3.63, 3.8) is 0 Å². The van der Waals surface area contributed by atoms with E-state index in [9.17, 15) is 9.59 Å². The normalized spacial score (nSPS) is 14.3. The van der Waals surface area contributed by atoms with Crippen LogP contribution in [0.2, 0.25) is 0 Å². The van der Waals surface area contributed by atoms with Crippen molar-refractivity contribution in [3.8, 4) is 0 Å². The lowest BCUT2D eigenvalue weighted by Crippen LogP contribution is -2.41. The Bertz CT molecular complexity index is 1110. The summed E-state index contributed by atoms with van der Waals surface area (Å²) in [5, 5.41) is 6.82. The molecule has 180 valence electrons. The lowest BCUT2D eigenvalue weighted by atomic mass is 10.2. The van der Waals surface area contributed by atoms with Crippen LogP contribution in [0.1, 0.15) is 23.0 Å². The van der Waals surface area contributed by atoms with Crippen LogP contribution < -0.4 is 10.6 Å². The van der Waals surface area contributed by atoms with Crippen LogP contribution in [-0.2, 0) is 27.4 Å². The molecule has 1 fully saturated rings. The number of nitrogens with zero attached hydrogens (tertiary/aromatic N) is 2. The Morgan fingerprint density at radius 1 is 1.06 bits per heavy atom. The van der Waals surface area contributed by atoms with Gasteiger partial charge in [0.25, 0.3) is 5.91 Å². The van der Waals surface area contributed by atoms with Crippen LogP contribution in [0.15, 0.2) is 54.6 Å². The molecule has 0 aliphatic carbocycles. The van der Waals surface area contributed by atoms with Gasteiger partial charge in [-0.15, -0.1) is 0 Å². The Balaban J connectivity index is 1.34. The topological polar surface area (TPSA) is 84.8 Å². The van der Waals surface area contributed by atoms with E-state index in [0.717, 1.165) is 49.3 Å². The highest BCUT2D eigenvalue weighted by Gasteiger charge is 2.16. The summed E-state index contributed by atoms with van der Waals surface area (Å²) < 4.78 is 12.9. The molecular formula is C26H32N4O4. The maximum atomic E-state index is 12.9. The van der Waals surface area contributed by atoms with E-state index < -0.39 is 0 Å². The molecule has 4 rings (SSSR count). The van der Waals surface area contributed by atoms with Gasteiger partial charge in [-0.05, 0) is 36.8 Å². The first kappa shape index (κ1) is 23.9. The van der Waals surface area contributed by atoms with Crippen LogP contribution in [0.4, 0.5) is 5.69 Å². The monoisotopic (exact) mass is 464 g/mol. The number of anilines is 1. The minimum Gasteiger partial charge on any atom is -0.379 e. The number of hydrogen-bond donors (Lipinski definition) is 2. The quantitative estimate of drug-likeness (QED) is 0.482. The molecule has 0 unspecified atom stereocenters. The smallest absolute Gasteiger partial charge is 0.267 e. The zero-order chi connectivity index (χ0) is 23.8. The Labute approximate surface area is 199 Å². The molecule has 1 aromatic heterocycles. The molecule has 1 aliphatic rings. The standard InChI is InChI=1S/C26H32N4O4/c1-2-30-23-9-8-22(28-25(31)19-34-18-20-6-4-3-5-7-20)16-21(23)17-24(30)26(32)27-10-11-29-12-14-33-15-13-29/h3-9,16-17H,2,10-15,18-19H2,1H3,(H,27,32)(H,28,31). The van der Waals surface area contributed by atoms with E-state index in [-0.39, 0.29) is 18.4 Å². The predicted octanol–water partition coefficient (Wildman–Crippen LogP) is 2.88. The molecule has 1 saturated heterocycles. The zero-order valence-electron chi connectivity index (χ0n) is 19.6. The van der Waals surface area contributed by atoms with Crippen molar-refractivity contribution in [3.05, 3.63) is 65.9 Å². The minimum absolute atomic E-state index is 0.0281. The molecular weight excluding hydrogens is 432 g/mol. The van der Waals surface area contributed by atoms with E-state index in [2.05, 4.69) is 15.5 Å². The number of amides is 2. The van der Waals surface area contributed by atoms with Crippen molar-refractivity contribution in [2.24, 2.45) is 0 Å². The molecule has 0 bridgehead atoms. The first-order chi connectivity index (χ1) is 16.6. The number of morpholine rings is 1. The third-order valence-electron chi connectivity index (χ3n) is 5.90.